The molecule has 1 unspecified atom stereocenters. The molecule has 0 aromatic heterocycles. The van der Waals surface area contributed by atoms with Crippen molar-refractivity contribution in [1.29, 1.82) is 0 Å². The van der Waals surface area contributed by atoms with Gasteiger partial charge in [-0.25, -0.2) is 0 Å². The maximum Gasteiger partial charge on any atom is 0.0648 e. The first-order valence-electron chi connectivity index (χ1n) is 7.56. The molecule has 0 spiro atoms. The maximum absolute atomic E-state index is 10.5. The quantitative estimate of drug-likeness (QED) is 0.794. The van der Waals surface area contributed by atoms with Crippen molar-refractivity contribution in [2.75, 3.05) is 6.61 Å². The standard InChI is InChI=1S/C15H28O2/c1-2-13-7-10-15(16,11-8-13)9-3-5-14-6-4-12-17-14/h13-14,16H,2-12H2,1H3. The van der Waals surface area contributed by atoms with Crippen molar-refractivity contribution in [3.05, 3.63) is 0 Å². The third kappa shape index (κ3) is 3.96. The Balaban J connectivity index is 1.64. The lowest BCUT2D eigenvalue weighted by atomic mass is 9.75. The average Bonchev–Trinajstić information content (AvgIpc) is 2.83. The van der Waals surface area contributed by atoms with Crippen molar-refractivity contribution in [2.24, 2.45) is 5.92 Å². The van der Waals surface area contributed by atoms with Gasteiger partial charge in [-0.3, -0.25) is 0 Å². The van der Waals surface area contributed by atoms with Crippen LogP contribution in [0.25, 0.3) is 0 Å². The van der Waals surface area contributed by atoms with Gasteiger partial charge < -0.3 is 9.84 Å². The first-order chi connectivity index (χ1) is 8.22. The van der Waals surface area contributed by atoms with E-state index in [9.17, 15) is 5.11 Å². The highest BCUT2D eigenvalue weighted by atomic mass is 16.5. The number of hydrogen-bond acceptors (Lipinski definition) is 2. The molecule has 0 aromatic rings. The van der Waals surface area contributed by atoms with Crippen LogP contribution < -0.4 is 0 Å². The topological polar surface area (TPSA) is 29.5 Å². The summed E-state index contributed by atoms with van der Waals surface area (Å²) in [6.07, 6.45) is 12.0. The summed E-state index contributed by atoms with van der Waals surface area (Å²) in [6, 6.07) is 0. The fraction of sp³-hybridized carbons (Fsp3) is 1.00. The fourth-order valence-corrected chi connectivity index (χ4v) is 3.40. The summed E-state index contributed by atoms with van der Waals surface area (Å²) in [6.45, 7) is 3.22. The summed E-state index contributed by atoms with van der Waals surface area (Å²) in [5.41, 5.74) is -0.343. The molecule has 1 aliphatic heterocycles. The van der Waals surface area contributed by atoms with Gasteiger partial charge in [0.2, 0.25) is 0 Å². The Morgan fingerprint density at radius 2 is 2.00 bits per heavy atom. The molecule has 2 aliphatic rings. The van der Waals surface area contributed by atoms with E-state index < -0.39 is 0 Å². The highest BCUT2D eigenvalue weighted by molar-refractivity contribution is 4.85. The summed E-state index contributed by atoms with van der Waals surface area (Å²) in [5.74, 6) is 0.869. The Kier molecular flexibility index (Phi) is 4.87. The van der Waals surface area contributed by atoms with E-state index in [1.807, 2.05) is 0 Å². The van der Waals surface area contributed by atoms with Gasteiger partial charge in [0, 0.05) is 6.61 Å². The van der Waals surface area contributed by atoms with Crippen LogP contribution in [0.1, 0.15) is 71.1 Å². The van der Waals surface area contributed by atoms with Gasteiger partial charge in [-0.05, 0) is 63.7 Å². The van der Waals surface area contributed by atoms with E-state index in [1.165, 1.54) is 32.1 Å². The first-order valence-corrected chi connectivity index (χ1v) is 7.56. The van der Waals surface area contributed by atoms with Crippen LogP contribution in [0.3, 0.4) is 0 Å². The molecule has 2 rings (SSSR count). The molecule has 0 aromatic carbocycles. The lowest BCUT2D eigenvalue weighted by Crippen LogP contribution is -2.34. The van der Waals surface area contributed by atoms with Crippen LogP contribution in [0.15, 0.2) is 0 Å². The van der Waals surface area contributed by atoms with E-state index >= 15 is 0 Å². The predicted octanol–water partition coefficient (Wildman–Crippen LogP) is 3.67. The third-order valence-electron chi connectivity index (χ3n) is 4.81. The molecule has 2 fully saturated rings. The molecule has 1 heterocycles. The van der Waals surface area contributed by atoms with Crippen molar-refractivity contribution in [3.8, 4) is 0 Å². The lowest BCUT2D eigenvalue weighted by Gasteiger charge is -2.36. The molecule has 0 radical (unpaired) electrons. The number of ether oxygens (including phenoxy) is 1. The monoisotopic (exact) mass is 240 g/mol. The van der Waals surface area contributed by atoms with Crippen molar-refractivity contribution in [1.82, 2.24) is 0 Å². The third-order valence-corrected chi connectivity index (χ3v) is 4.81. The van der Waals surface area contributed by atoms with Crippen LogP contribution >= 0.6 is 0 Å². The Bertz CT molecular complexity index is 213. The van der Waals surface area contributed by atoms with E-state index in [2.05, 4.69) is 6.92 Å². The molecule has 0 amide bonds. The van der Waals surface area contributed by atoms with Gasteiger partial charge >= 0.3 is 0 Å². The average molecular weight is 240 g/mol. The van der Waals surface area contributed by atoms with Gasteiger partial charge in [0.25, 0.3) is 0 Å². The minimum Gasteiger partial charge on any atom is -0.390 e. The van der Waals surface area contributed by atoms with Crippen molar-refractivity contribution in [3.63, 3.8) is 0 Å². The Morgan fingerprint density at radius 3 is 2.59 bits per heavy atom. The Hall–Kier alpha value is -0.0800. The van der Waals surface area contributed by atoms with Gasteiger partial charge in [-0.1, -0.05) is 13.3 Å². The van der Waals surface area contributed by atoms with Crippen LogP contribution in [0.4, 0.5) is 0 Å². The second-order valence-electron chi connectivity index (χ2n) is 6.10. The maximum atomic E-state index is 10.5. The molecule has 1 saturated heterocycles. The number of rotatable bonds is 5. The fourth-order valence-electron chi connectivity index (χ4n) is 3.40. The molecule has 2 nitrogen and oxygen atoms in total. The van der Waals surface area contributed by atoms with Gasteiger partial charge in [0.05, 0.1) is 11.7 Å². The molecule has 1 saturated carbocycles. The molecular formula is C15H28O2. The minimum atomic E-state index is -0.343. The van der Waals surface area contributed by atoms with Crippen molar-refractivity contribution in [2.45, 2.75) is 82.8 Å². The zero-order valence-corrected chi connectivity index (χ0v) is 11.3. The minimum absolute atomic E-state index is 0.343. The van der Waals surface area contributed by atoms with Crippen LogP contribution in [-0.4, -0.2) is 23.4 Å². The number of hydrogen-bond donors (Lipinski definition) is 1. The zero-order chi connectivity index (χ0) is 12.1. The van der Waals surface area contributed by atoms with E-state index in [-0.39, 0.29) is 5.60 Å². The SMILES string of the molecule is CCC1CCC(O)(CCCC2CCCO2)CC1. The number of aliphatic hydroxyl groups is 1. The van der Waals surface area contributed by atoms with Gasteiger partial charge in [-0.15, -0.1) is 0 Å². The van der Waals surface area contributed by atoms with E-state index in [0.717, 1.165) is 44.6 Å². The second-order valence-corrected chi connectivity index (χ2v) is 6.10. The molecule has 17 heavy (non-hydrogen) atoms. The van der Waals surface area contributed by atoms with Crippen LogP contribution in [0.2, 0.25) is 0 Å². The Labute approximate surface area is 106 Å². The molecule has 0 bridgehead atoms. The first kappa shape index (κ1) is 13.4. The van der Waals surface area contributed by atoms with Crippen LogP contribution in [0.5, 0.6) is 0 Å². The van der Waals surface area contributed by atoms with Crippen LogP contribution in [0, 0.1) is 5.92 Å². The molecular weight excluding hydrogens is 212 g/mol. The summed E-state index contributed by atoms with van der Waals surface area (Å²) in [4.78, 5) is 0. The zero-order valence-electron chi connectivity index (χ0n) is 11.3. The molecule has 2 heteroatoms. The van der Waals surface area contributed by atoms with Gasteiger partial charge in [-0.2, -0.15) is 0 Å². The second kappa shape index (κ2) is 6.19. The largest absolute Gasteiger partial charge is 0.390 e. The van der Waals surface area contributed by atoms with Gasteiger partial charge in [0.15, 0.2) is 0 Å². The van der Waals surface area contributed by atoms with E-state index in [0.29, 0.717) is 6.10 Å². The summed E-state index contributed by atoms with van der Waals surface area (Å²) < 4.78 is 5.63. The summed E-state index contributed by atoms with van der Waals surface area (Å²) in [7, 11) is 0. The normalized spacial score (nSPS) is 38.5. The molecule has 1 aliphatic carbocycles. The van der Waals surface area contributed by atoms with Crippen molar-refractivity contribution >= 4 is 0 Å². The summed E-state index contributed by atoms with van der Waals surface area (Å²) >= 11 is 0. The highest BCUT2D eigenvalue weighted by Gasteiger charge is 2.32. The smallest absolute Gasteiger partial charge is 0.0648 e. The van der Waals surface area contributed by atoms with E-state index in [1.54, 1.807) is 0 Å². The van der Waals surface area contributed by atoms with Crippen molar-refractivity contribution < 1.29 is 9.84 Å². The molecule has 100 valence electrons. The Morgan fingerprint density at radius 1 is 1.24 bits per heavy atom. The lowest BCUT2D eigenvalue weighted by molar-refractivity contribution is -0.0215. The van der Waals surface area contributed by atoms with Crippen LogP contribution in [-0.2, 0) is 4.74 Å². The van der Waals surface area contributed by atoms with Gasteiger partial charge in [0.1, 0.15) is 0 Å². The highest BCUT2D eigenvalue weighted by Crippen LogP contribution is 2.37. The molecule has 1 N–H and O–H groups in total. The predicted molar refractivity (Wildman–Crippen MR) is 70.0 cm³/mol. The summed E-state index contributed by atoms with van der Waals surface area (Å²) in [5, 5.41) is 10.5. The molecule has 1 atom stereocenters. The van der Waals surface area contributed by atoms with E-state index in [4.69, 9.17) is 4.74 Å².